The number of benzene rings is 8. The molecule has 0 unspecified atom stereocenters. The fourth-order valence-electron chi connectivity index (χ4n) is 10.0. The van der Waals surface area contributed by atoms with Crippen molar-refractivity contribution in [2.45, 2.75) is 24.7 Å². The zero-order chi connectivity index (χ0) is 38.8. The largest absolute Gasteiger partial charge is 0.228 e. The molecule has 11 rings (SSSR count). The molecule has 1 heterocycles. The van der Waals surface area contributed by atoms with Gasteiger partial charge in [-0.25, -0.2) is 9.97 Å². The Morgan fingerprint density at radius 1 is 0.293 bits per heavy atom. The number of rotatable bonds is 5. The minimum Gasteiger partial charge on any atom is -0.228 e. The first kappa shape index (κ1) is 34.1. The second kappa shape index (κ2) is 13.2. The van der Waals surface area contributed by atoms with Crippen molar-refractivity contribution in [2.75, 3.05) is 0 Å². The number of fused-ring (bicyclic) bond motifs is 9. The zero-order valence-electron chi connectivity index (χ0n) is 32.5. The lowest BCUT2D eigenvalue weighted by atomic mass is 9.55. The Bertz CT molecular complexity index is 2980. The molecular weight excluding hydrogens is 701 g/mol. The van der Waals surface area contributed by atoms with E-state index >= 15 is 0 Å². The maximum Gasteiger partial charge on any atom is 0.161 e. The van der Waals surface area contributed by atoms with E-state index in [4.69, 9.17) is 9.97 Å². The SMILES string of the molecule is CC1(C)c2ccccc2C2(c3ccccc3-c3cc(-c4ccccc4-c4nc(-c5ccccc5)cc(-c5ccccc5-c5ccccc5)n4)ccc32)c2ccccc21. The average molecular weight is 741 g/mol. The van der Waals surface area contributed by atoms with Crippen molar-refractivity contribution in [2.24, 2.45) is 0 Å². The highest BCUT2D eigenvalue weighted by Gasteiger charge is 2.53. The average Bonchev–Trinajstić information content (AvgIpc) is 3.59. The van der Waals surface area contributed by atoms with Crippen LogP contribution in [0, 0.1) is 0 Å². The lowest BCUT2D eigenvalue weighted by Crippen LogP contribution is -2.40. The topological polar surface area (TPSA) is 25.8 Å². The molecule has 0 atom stereocenters. The highest BCUT2D eigenvalue weighted by Crippen LogP contribution is 2.62. The minimum absolute atomic E-state index is 0.135. The standard InChI is InChI=1S/C56H40N2/c1-55(2)48-29-15-17-31-50(48)56(51-32-18-16-30-49(51)55)46-28-14-13-25-42(46)45-35-39(33-34-47(45)56)41-24-10-12-27-44(41)54-57-52(38-21-7-4-8-22-38)36-53(58-54)43-26-11-9-23-40(43)37-19-5-3-6-20-37/h3-36H,1-2H3. The quantitative estimate of drug-likeness (QED) is 0.176. The first-order valence-corrected chi connectivity index (χ1v) is 20.2. The van der Waals surface area contributed by atoms with Gasteiger partial charge in [-0.3, -0.25) is 0 Å². The van der Waals surface area contributed by atoms with Crippen molar-refractivity contribution in [1.29, 1.82) is 0 Å². The Hall–Kier alpha value is -7.16. The molecule has 274 valence electrons. The normalized spacial score (nSPS) is 14.0. The van der Waals surface area contributed by atoms with Crippen LogP contribution in [0.4, 0.5) is 0 Å². The summed E-state index contributed by atoms with van der Waals surface area (Å²) >= 11 is 0. The predicted molar refractivity (Wildman–Crippen MR) is 239 cm³/mol. The van der Waals surface area contributed by atoms with Crippen LogP contribution in [0.5, 0.6) is 0 Å². The van der Waals surface area contributed by atoms with Crippen LogP contribution in [0.3, 0.4) is 0 Å². The molecule has 0 saturated heterocycles. The van der Waals surface area contributed by atoms with E-state index in [1.807, 2.05) is 6.07 Å². The summed E-state index contributed by atoms with van der Waals surface area (Å²) < 4.78 is 0. The summed E-state index contributed by atoms with van der Waals surface area (Å²) in [5.41, 5.74) is 19.6. The lowest BCUT2D eigenvalue weighted by molar-refractivity contribution is 0.563. The number of hydrogen-bond donors (Lipinski definition) is 0. The molecule has 0 aliphatic heterocycles. The Kier molecular flexibility index (Phi) is 7.78. The van der Waals surface area contributed by atoms with Crippen molar-refractivity contribution in [1.82, 2.24) is 9.97 Å². The first-order chi connectivity index (χ1) is 28.5. The third-order valence-electron chi connectivity index (χ3n) is 12.6. The van der Waals surface area contributed by atoms with Crippen molar-refractivity contribution >= 4 is 0 Å². The molecule has 2 aliphatic rings. The smallest absolute Gasteiger partial charge is 0.161 e. The van der Waals surface area contributed by atoms with Crippen LogP contribution >= 0.6 is 0 Å². The van der Waals surface area contributed by atoms with Gasteiger partial charge >= 0.3 is 0 Å². The molecule has 1 aromatic heterocycles. The van der Waals surface area contributed by atoms with Gasteiger partial charge in [0.05, 0.1) is 16.8 Å². The van der Waals surface area contributed by atoms with Crippen LogP contribution in [0.15, 0.2) is 206 Å². The molecule has 58 heavy (non-hydrogen) atoms. The van der Waals surface area contributed by atoms with Crippen LogP contribution < -0.4 is 0 Å². The van der Waals surface area contributed by atoms with Crippen LogP contribution in [0.25, 0.3) is 67.3 Å². The number of aromatic nitrogens is 2. The molecule has 0 radical (unpaired) electrons. The summed E-state index contributed by atoms with van der Waals surface area (Å²) in [5.74, 6) is 0.699. The summed E-state index contributed by atoms with van der Waals surface area (Å²) in [4.78, 5) is 10.7. The van der Waals surface area contributed by atoms with E-state index in [9.17, 15) is 0 Å². The predicted octanol–water partition coefficient (Wildman–Crippen LogP) is 13.8. The maximum absolute atomic E-state index is 5.40. The van der Waals surface area contributed by atoms with Gasteiger partial charge < -0.3 is 0 Å². The molecule has 0 saturated carbocycles. The van der Waals surface area contributed by atoms with Crippen LogP contribution in [-0.2, 0) is 10.8 Å². The third kappa shape index (κ3) is 5.05. The molecule has 2 nitrogen and oxygen atoms in total. The van der Waals surface area contributed by atoms with E-state index in [0.29, 0.717) is 5.82 Å². The van der Waals surface area contributed by atoms with Gasteiger partial charge in [0.15, 0.2) is 5.82 Å². The van der Waals surface area contributed by atoms with Gasteiger partial charge in [0.1, 0.15) is 0 Å². The monoisotopic (exact) mass is 740 g/mol. The van der Waals surface area contributed by atoms with E-state index in [1.165, 1.54) is 44.5 Å². The van der Waals surface area contributed by atoms with Gasteiger partial charge in [0.25, 0.3) is 0 Å². The van der Waals surface area contributed by atoms with Crippen LogP contribution in [0.2, 0.25) is 0 Å². The molecule has 8 aromatic carbocycles. The lowest BCUT2D eigenvalue weighted by Gasteiger charge is -2.46. The third-order valence-corrected chi connectivity index (χ3v) is 12.6. The van der Waals surface area contributed by atoms with Crippen molar-refractivity contribution in [3.8, 4) is 67.3 Å². The molecule has 0 amide bonds. The Balaban J connectivity index is 1.12. The van der Waals surface area contributed by atoms with E-state index in [0.717, 1.165) is 50.3 Å². The van der Waals surface area contributed by atoms with Gasteiger partial charge in [-0.1, -0.05) is 208 Å². The van der Waals surface area contributed by atoms with Gasteiger partial charge in [0, 0.05) is 22.1 Å². The molecule has 9 aromatic rings. The summed E-state index contributed by atoms with van der Waals surface area (Å²) in [7, 11) is 0. The fraction of sp³-hybridized carbons (Fsp3) is 0.0714. The van der Waals surface area contributed by atoms with Gasteiger partial charge in [0.2, 0.25) is 0 Å². The Morgan fingerprint density at radius 2 is 0.741 bits per heavy atom. The molecule has 0 N–H and O–H groups in total. The number of hydrogen-bond acceptors (Lipinski definition) is 2. The van der Waals surface area contributed by atoms with E-state index in [-0.39, 0.29) is 5.41 Å². The summed E-state index contributed by atoms with van der Waals surface area (Å²) in [6.45, 7) is 4.75. The maximum atomic E-state index is 5.40. The summed E-state index contributed by atoms with van der Waals surface area (Å²) in [6.07, 6.45) is 0. The Labute approximate surface area is 340 Å². The Morgan fingerprint density at radius 3 is 1.38 bits per heavy atom. The van der Waals surface area contributed by atoms with Crippen LogP contribution in [0.1, 0.15) is 47.2 Å². The summed E-state index contributed by atoms with van der Waals surface area (Å²) in [5, 5.41) is 0. The highest BCUT2D eigenvalue weighted by molar-refractivity contribution is 5.93. The summed E-state index contributed by atoms with van der Waals surface area (Å²) in [6, 6.07) is 74.8. The number of nitrogens with zero attached hydrogens (tertiary/aromatic N) is 2. The van der Waals surface area contributed by atoms with E-state index in [2.05, 4.69) is 214 Å². The van der Waals surface area contributed by atoms with Crippen molar-refractivity contribution in [3.63, 3.8) is 0 Å². The van der Waals surface area contributed by atoms with Crippen LogP contribution in [-0.4, -0.2) is 9.97 Å². The zero-order valence-corrected chi connectivity index (χ0v) is 32.5. The van der Waals surface area contributed by atoms with E-state index < -0.39 is 5.41 Å². The molecule has 1 spiro atoms. The first-order valence-electron chi connectivity index (χ1n) is 20.2. The van der Waals surface area contributed by atoms with Gasteiger partial charge in [-0.15, -0.1) is 0 Å². The molecular formula is C56H40N2. The minimum atomic E-state index is -0.430. The van der Waals surface area contributed by atoms with Gasteiger partial charge in [-0.2, -0.15) is 0 Å². The molecule has 2 heteroatoms. The molecule has 2 aliphatic carbocycles. The van der Waals surface area contributed by atoms with Gasteiger partial charge in [-0.05, 0) is 78.9 Å². The fourth-order valence-corrected chi connectivity index (χ4v) is 10.0. The molecule has 0 bridgehead atoms. The molecule has 0 fully saturated rings. The second-order valence-corrected chi connectivity index (χ2v) is 16.1. The van der Waals surface area contributed by atoms with E-state index in [1.54, 1.807) is 0 Å². The van der Waals surface area contributed by atoms with Crippen molar-refractivity contribution < 1.29 is 0 Å². The second-order valence-electron chi connectivity index (χ2n) is 16.1. The highest BCUT2D eigenvalue weighted by atomic mass is 14.9. The van der Waals surface area contributed by atoms with Crippen molar-refractivity contribution in [3.05, 3.63) is 240 Å².